The lowest BCUT2D eigenvalue weighted by Gasteiger charge is -2.33. The Kier molecular flexibility index (Phi) is 4.61. The first kappa shape index (κ1) is 13.4. The molecule has 3 unspecified atom stereocenters. The van der Waals surface area contributed by atoms with Gasteiger partial charge in [-0.2, -0.15) is 0 Å². The van der Waals surface area contributed by atoms with Gasteiger partial charge in [0.15, 0.2) is 0 Å². The van der Waals surface area contributed by atoms with Crippen molar-refractivity contribution in [2.45, 2.75) is 57.9 Å². The minimum absolute atomic E-state index is 0.0258. The van der Waals surface area contributed by atoms with Gasteiger partial charge in [0, 0.05) is 19.0 Å². The van der Waals surface area contributed by atoms with Crippen LogP contribution in [0.4, 0.5) is 0 Å². The highest BCUT2D eigenvalue weighted by Crippen LogP contribution is 2.27. The second-order valence-electron chi connectivity index (χ2n) is 5.61. The van der Waals surface area contributed by atoms with E-state index in [-0.39, 0.29) is 17.7 Å². The van der Waals surface area contributed by atoms with Crippen LogP contribution in [0.5, 0.6) is 0 Å². The van der Waals surface area contributed by atoms with E-state index in [1.807, 2.05) is 0 Å². The number of carbonyl (C=O) groups is 2. The molecule has 4 nitrogen and oxygen atoms in total. The Morgan fingerprint density at radius 1 is 1.33 bits per heavy atom. The van der Waals surface area contributed by atoms with E-state index < -0.39 is 0 Å². The number of piperidine rings is 1. The van der Waals surface area contributed by atoms with Crippen LogP contribution < -0.4 is 10.6 Å². The maximum absolute atomic E-state index is 12.2. The molecule has 0 aromatic rings. The van der Waals surface area contributed by atoms with E-state index in [0.29, 0.717) is 31.3 Å². The molecule has 4 heteroatoms. The normalized spacial score (nSPS) is 32.7. The molecular formula is C14H24N2O2. The van der Waals surface area contributed by atoms with Gasteiger partial charge in [-0.3, -0.25) is 9.59 Å². The molecule has 2 aliphatic rings. The van der Waals surface area contributed by atoms with Crippen LogP contribution in [0.3, 0.4) is 0 Å². The monoisotopic (exact) mass is 252 g/mol. The van der Waals surface area contributed by atoms with Gasteiger partial charge in [-0.25, -0.2) is 0 Å². The third kappa shape index (κ3) is 3.24. The molecular weight excluding hydrogens is 228 g/mol. The smallest absolute Gasteiger partial charge is 0.225 e. The van der Waals surface area contributed by atoms with E-state index in [1.54, 1.807) is 0 Å². The Labute approximate surface area is 109 Å². The molecule has 2 rings (SSSR count). The first-order chi connectivity index (χ1) is 8.70. The van der Waals surface area contributed by atoms with E-state index in [1.165, 1.54) is 19.3 Å². The quantitative estimate of drug-likeness (QED) is 0.801. The van der Waals surface area contributed by atoms with E-state index in [9.17, 15) is 9.59 Å². The third-order valence-corrected chi connectivity index (χ3v) is 4.40. The number of hydrogen-bond donors (Lipinski definition) is 2. The summed E-state index contributed by atoms with van der Waals surface area (Å²) in [6, 6.07) is 0.355. The maximum atomic E-state index is 12.2. The van der Waals surface area contributed by atoms with Crippen molar-refractivity contribution in [3.05, 3.63) is 0 Å². The molecule has 2 fully saturated rings. The van der Waals surface area contributed by atoms with E-state index >= 15 is 0 Å². The zero-order valence-corrected chi connectivity index (χ0v) is 11.2. The van der Waals surface area contributed by atoms with Crippen LogP contribution in [-0.2, 0) is 9.59 Å². The van der Waals surface area contributed by atoms with E-state index in [4.69, 9.17) is 0 Å². The van der Waals surface area contributed by atoms with Crippen molar-refractivity contribution in [2.24, 2.45) is 11.8 Å². The molecule has 3 atom stereocenters. The molecule has 1 saturated heterocycles. The van der Waals surface area contributed by atoms with Gasteiger partial charge < -0.3 is 10.6 Å². The molecule has 1 aliphatic carbocycles. The van der Waals surface area contributed by atoms with Gasteiger partial charge in [0.25, 0.3) is 0 Å². The van der Waals surface area contributed by atoms with Gasteiger partial charge in [0.1, 0.15) is 0 Å². The van der Waals surface area contributed by atoms with Crippen LogP contribution in [0.15, 0.2) is 0 Å². The number of hydrogen-bond acceptors (Lipinski definition) is 2. The van der Waals surface area contributed by atoms with E-state index in [0.717, 1.165) is 12.8 Å². The predicted molar refractivity (Wildman–Crippen MR) is 69.9 cm³/mol. The number of rotatable bonds is 3. The summed E-state index contributed by atoms with van der Waals surface area (Å²) in [5, 5.41) is 5.99. The molecule has 102 valence electrons. The van der Waals surface area contributed by atoms with Crippen LogP contribution in [0, 0.1) is 11.8 Å². The molecule has 2 N–H and O–H groups in total. The fraction of sp³-hybridized carbons (Fsp3) is 0.857. The molecule has 0 aromatic heterocycles. The van der Waals surface area contributed by atoms with E-state index in [2.05, 4.69) is 17.6 Å². The van der Waals surface area contributed by atoms with Crippen LogP contribution >= 0.6 is 0 Å². The number of nitrogens with one attached hydrogen (secondary N) is 2. The summed E-state index contributed by atoms with van der Waals surface area (Å²) in [6.45, 7) is 2.71. The second kappa shape index (κ2) is 6.21. The van der Waals surface area contributed by atoms with Gasteiger partial charge in [-0.15, -0.1) is 0 Å². The molecule has 0 spiro atoms. The highest BCUT2D eigenvalue weighted by Gasteiger charge is 2.29. The topological polar surface area (TPSA) is 58.2 Å². The maximum Gasteiger partial charge on any atom is 0.225 e. The highest BCUT2D eigenvalue weighted by atomic mass is 16.2. The Morgan fingerprint density at radius 2 is 2.11 bits per heavy atom. The molecule has 18 heavy (non-hydrogen) atoms. The zero-order valence-electron chi connectivity index (χ0n) is 11.2. The summed E-state index contributed by atoms with van der Waals surface area (Å²) < 4.78 is 0. The first-order valence-electron chi connectivity index (χ1n) is 7.27. The Morgan fingerprint density at radius 3 is 2.78 bits per heavy atom. The number of carbonyl (C=O) groups excluding carboxylic acids is 2. The van der Waals surface area contributed by atoms with Crippen molar-refractivity contribution < 1.29 is 9.59 Å². The van der Waals surface area contributed by atoms with Crippen molar-refractivity contribution in [1.82, 2.24) is 10.6 Å². The van der Waals surface area contributed by atoms with Gasteiger partial charge in [-0.05, 0) is 25.2 Å². The van der Waals surface area contributed by atoms with Gasteiger partial charge in [-0.1, -0.05) is 26.2 Å². The minimum Gasteiger partial charge on any atom is -0.355 e. The summed E-state index contributed by atoms with van der Waals surface area (Å²) in [4.78, 5) is 23.2. The fourth-order valence-electron chi connectivity index (χ4n) is 3.14. The highest BCUT2D eigenvalue weighted by molar-refractivity contribution is 5.83. The van der Waals surface area contributed by atoms with Crippen molar-refractivity contribution in [3.8, 4) is 0 Å². The molecule has 0 aromatic carbocycles. The second-order valence-corrected chi connectivity index (χ2v) is 5.61. The first-order valence-corrected chi connectivity index (χ1v) is 7.27. The van der Waals surface area contributed by atoms with Crippen LogP contribution in [0.2, 0.25) is 0 Å². The van der Waals surface area contributed by atoms with Crippen LogP contribution in [0.1, 0.15) is 51.9 Å². The summed E-state index contributed by atoms with van der Waals surface area (Å²) in [6.07, 6.45) is 7.20. The summed E-state index contributed by atoms with van der Waals surface area (Å²) in [7, 11) is 0. The van der Waals surface area contributed by atoms with Crippen molar-refractivity contribution in [3.63, 3.8) is 0 Å². The van der Waals surface area contributed by atoms with Crippen molar-refractivity contribution in [1.29, 1.82) is 0 Å². The molecule has 0 radical (unpaired) electrons. The molecule has 1 saturated carbocycles. The average molecular weight is 252 g/mol. The lowest BCUT2D eigenvalue weighted by Crippen LogP contribution is -2.48. The minimum atomic E-state index is -0.0258. The standard InChI is InChI=1S/C14H24N2O2/c1-2-10-5-3-4-6-12(10)16-14(18)11-7-8-13(17)15-9-11/h10-12H,2-9H2,1H3,(H,15,17)(H,16,18). The Bertz CT molecular complexity index is 307. The fourth-order valence-corrected chi connectivity index (χ4v) is 3.14. The Balaban J connectivity index is 1.84. The molecule has 2 amide bonds. The van der Waals surface area contributed by atoms with Gasteiger partial charge >= 0.3 is 0 Å². The van der Waals surface area contributed by atoms with Gasteiger partial charge in [0.2, 0.25) is 11.8 Å². The predicted octanol–water partition coefficient (Wildman–Crippen LogP) is 1.60. The largest absolute Gasteiger partial charge is 0.355 e. The molecule has 1 aliphatic heterocycles. The van der Waals surface area contributed by atoms with Crippen LogP contribution in [-0.4, -0.2) is 24.4 Å². The Hall–Kier alpha value is -1.06. The summed E-state index contributed by atoms with van der Waals surface area (Å²) in [5.41, 5.74) is 0. The molecule has 0 bridgehead atoms. The summed E-state index contributed by atoms with van der Waals surface area (Å²) in [5.74, 6) is 0.825. The summed E-state index contributed by atoms with van der Waals surface area (Å²) >= 11 is 0. The molecule has 1 heterocycles. The average Bonchev–Trinajstić information content (AvgIpc) is 2.40. The van der Waals surface area contributed by atoms with Gasteiger partial charge in [0.05, 0.1) is 5.92 Å². The SMILES string of the molecule is CCC1CCCCC1NC(=O)C1CCC(=O)NC1. The van der Waals surface area contributed by atoms with Crippen molar-refractivity contribution >= 4 is 11.8 Å². The van der Waals surface area contributed by atoms with Crippen LogP contribution in [0.25, 0.3) is 0 Å². The lowest BCUT2D eigenvalue weighted by atomic mass is 9.82. The zero-order chi connectivity index (χ0) is 13.0. The lowest BCUT2D eigenvalue weighted by molar-refractivity contribution is -0.129. The number of amides is 2. The third-order valence-electron chi connectivity index (χ3n) is 4.40. The van der Waals surface area contributed by atoms with Crippen molar-refractivity contribution in [2.75, 3.05) is 6.54 Å².